The number of hydrogen-bond donors (Lipinski definition) is 2. The number of aliphatic carboxylic acids is 1. The van der Waals surface area contributed by atoms with E-state index in [-0.39, 0.29) is 10.8 Å². The minimum atomic E-state index is -0.618. The van der Waals surface area contributed by atoms with Crippen LogP contribution >= 0.6 is 0 Å². The van der Waals surface area contributed by atoms with Gasteiger partial charge in [-0.1, -0.05) is 0 Å². The molecular weight excluding hydrogens is 264 g/mol. The molecule has 0 spiro atoms. The monoisotopic (exact) mass is 288 g/mol. The van der Waals surface area contributed by atoms with Crippen molar-refractivity contribution < 1.29 is 9.90 Å². The molecule has 0 amide bonds. The van der Waals surface area contributed by atoms with E-state index in [0.29, 0.717) is 6.42 Å². The van der Waals surface area contributed by atoms with E-state index < -0.39 is 5.97 Å². The average molecular weight is 288 g/mol. The van der Waals surface area contributed by atoms with Gasteiger partial charge in [-0.3, -0.25) is 9.89 Å². The van der Waals surface area contributed by atoms with Crippen molar-refractivity contribution in [2.24, 2.45) is 17.3 Å². The number of aryl methyl sites for hydroxylation is 2. The first-order valence-corrected chi connectivity index (χ1v) is 8.15. The van der Waals surface area contributed by atoms with Gasteiger partial charge in [-0.2, -0.15) is 5.10 Å². The molecule has 1 heterocycles. The zero-order chi connectivity index (χ0) is 14.8. The summed E-state index contributed by atoms with van der Waals surface area (Å²) in [5.74, 6) is 0.825. The highest BCUT2D eigenvalue weighted by Crippen LogP contribution is 2.67. The van der Waals surface area contributed by atoms with Gasteiger partial charge in [-0.15, -0.1) is 0 Å². The van der Waals surface area contributed by atoms with E-state index in [1.54, 1.807) is 0 Å². The molecule has 4 heteroatoms. The Balaban J connectivity index is 1.79. The largest absolute Gasteiger partial charge is 0.481 e. The molecule has 4 fully saturated rings. The number of H-pyrrole nitrogens is 1. The Morgan fingerprint density at radius 3 is 2.48 bits per heavy atom. The van der Waals surface area contributed by atoms with Crippen LogP contribution < -0.4 is 0 Å². The molecule has 4 saturated carbocycles. The van der Waals surface area contributed by atoms with E-state index in [1.165, 1.54) is 30.5 Å². The van der Waals surface area contributed by atoms with E-state index >= 15 is 0 Å². The number of aromatic amines is 1. The molecule has 1 aromatic rings. The lowest BCUT2D eigenvalue weighted by molar-refractivity contribution is -0.146. The summed E-state index contributed by atoms with van der Waals surface area (Å²) < 4.78 is 0. The van der Waals surface area contributed by atoms with Crippen LogP contribution in [-0.4, -0.2) is 21.3 Å². The summed E-state index contributed by atoms with van der Waals surface area (Å²) in [7, 11) is 0. The third kappa shape index (κ3) is 1.87. The molecule has 0 aliphatic heterocycles. The number of rotatable bonds is 3. The van der Waals surface area contributed by atoms with Crippen LogP contribution in [-0.2, 0) is 10.2 Å². The zero-order valence-corrected chi connectivity index (χ0v) is 12.9. The standard InChI is InChI=1S/C17H24N2O2/c1-10-15(11(2)19-18-10)17-6-12-3-13(7-17)5-16(4-12,9-17)8-14(20)21/h12-13H,3-9H2,1-2H3,(H,18,19)(H,20,21)/t12-,13-,16?,17?/m0/s1. The Morgan fingerprint density at radius 1 is 1.29 bits per heavy atom. The summed E-state index contributed by atoms with van der Waals surface area (Å²) in [6, 6.07) is 0. The Hall–Kier alpha value is -1.32. The Bertz CT molecular complexity index is 570. The van der Waals surface area contributed by atoms with Crippen molar-refractivity contribution in [3.8, 4) is 0 Å². The fourth-order valence-corrected chi connectivity index (χ4v) is 6.60. The highest BCUT2D eigenvalue weighted by molar-refractivity contribution is 5.68. The van der Waals surface area contributed by atoms with Crippen LogP contribution in [0.25, 0.3) is 0 Å². The van der Waals surface area contributed by atoms with E-state index in [2.05, 4.69) is 24.0 Å². The van der Waals surface area contributed by atoms with Crippen molar-refractivity contribution in [3.63, 3.8) is 0 Å². The third-order valence-corrected chi connectivity index (χ3v) is 6.37. The molecule has 0 unspecified atom stereocenters. The van der Waals surface area contributed by atoms with Gasteiger partial charge < -0.3 is 5.11 Å². The zero-order valence-electron chi connectivity index (χ0n) is 12.9. The maximum absolute atomic E-state index is 11.4. The molecule has 2 atom stereocenters. The Morgan fingerprint density at radius 2 is 1.95 bits per heavy atom. The highest BCUT2D eigenvalue weighted by atomic mass is 16.4. The molecule has 0 radical (unpaired) electrons. The summed E-state index contributed by atoms with van der Waals surface area (Å²) in [6.07, 6.45) is 7.48. The molecule has 4 nitrogen and oxygen atoms in total. The molecule has 4 aliphatic carbocycles. The minimum absolute atomic E-state index is 0.0477. The number of nitrogens with one attached hydrogen (secondary N) is 1. The van der Waals surface area contributed by atoms with E-state index in [4.69, 9.17) is 0 Å². The van der Waals surface area contributed by atoms with Crippen molar-refractivity contribution in [2.45, 2.75) is 64.2 Å². The van der Waals surface area contributed by atoms with Gasteiger partial charge in [0.1, 0.15) is 0 Å². The van der Waals surface area contributed by atoms with Crippen molar-refractivity contribution >= 4 is 5.97 Å². The topological polar surface area (TPSA) is 66.0 Å². The number of aromatic nitrogens is 2. The van der Waals surface area contributed by atoms with Crippen LogP contribution in [0.5, 0.6) is 0 Å². The van der Waals surface area contributed by atoms with Crippen LogP contribution in [0.1, 0.15) is 61.9 Å². The first-order chi connectivity index (χ1) is 9.91. The van der Waals surface area contributed by atoms with Gasteiger partial charge in [0.2, 0.25) is 0 Å². The Labute approximate surface area is 125 Å². The lowest BCUT2D eigenvalue weighted by atomic mass is 9.42. The van der Waals surface area contributed by atoms with Gasteiger partial charge in [0.05, 0.1) is 12.1 Å². The van der Waals surface area contributed by atoms with E-state index in [1.807, 2.05) is 0 Å². The summed E-state index contributed by atoms with van der Waals surface area (Å²) in [5, 5.41) is 16.9. The fourth-order valence-electron chi connectivity index (χ4n) is 6.60. The maximum Gasteiger partial charge on any atom is 0.303 e. The quantitative estimate of drug-likeness (QED) is 0.896. The molecule has 0 aromatic carbocycles. The number of nitrogens with zero attached hydrogens (tertiary/aromatic N) is 1. The molecule has 4 aliphatic rings. The number of carboxylic acid groups (broad SMARTS) is 1. The van der Waals surface area contributed by atoms with Gasteiger partial charge >= 0.3 is 5.97 Å². The summed E-state index contributed by atoms with van der Waals surface area (Å²) >= 11 is 0. The van der Waals surface area contributed by atoms with Crippen molar-refractivity contribution in [2.75, 3.05) is 0 Å². The summed E-state index contributed by atoms with van der Waals surface area (Å²) in [4.78, 5) is 11.4. The van der Waals surface area contributed by atoms with Crippen LogP contribution in [0.4, 0.5) is 0 Å². The van der Waals surface area contributed by atoms with Crippen LogP contribution in [0, 0.1) is 31.1 Å². The molecule has 4 bridgehead atoms. The van der Waals surface area contributed by atoms with Gasteiger partial charge in [0.15, 0.2) is 0 Å². The number of carboxylic acids is 1. The van der Waals surface area contributed by atoms with Gasteiger partial charge in [0, 0.05) is 16.7 Å². The second-order valence-electron chi connectivity index (χ2n) is 8.12. The first kappa shape index (κ1) is 13.4. The third-order valence-electron chi connectivity index (χ3n) is 6.37. The lowest BCUT2D eigenvalue weighted by Gasteiger charge is -2.62. The number of carbonyl (C=O) groups is 1. The first-order valence-electron chi connectivity index (χ1n) is 8.15. The predicted molar refractivity (Wildman–Crippen MR) is 79.1 cm³/mol. The van der Waals surface area contributed by atoms with E-state index in [9.17, 15) is 9.90 Å². The Kier molecular flexibility index (Phi) is 2.61. The highest BCUT2D eigenvalue weighted by Gasteiger charge is 2.59. The van der Waals surface area contributed by atoms with E-state index in [0.717, 1.165) is 36.8 Å². The summed E-state index contributed by atoms with van der Waals surface area (Å²) in [6.45, 7) is 4.22. The normalized spacial score (nSPS) is 40.7. The molecular formula is C17H24N2O2. The molecule has 2 N–H and O–H groups in total. The molecule has 21 heavy (non-hydrogen) atoms. The smallest absolute Gasteiger partial charge is 0.303 e. The molecule has 1 aromatic heterocycles. The lowest BCUT2D eigenvalue weighted by Crippen LogP contribution is -2.54. The SMILES string of the molecule is Cc1n[nH]c(C)c1C12C[C@H]3C[C@@H](CC(CC(=O)O)(C3)C1)C2. The number of hydrogen-bond acceptors (Lipinski definition) is 2. The van der Waals surface area contributed by atoms with Gasteiger partial charge in [-0.25, -0.2) is 0 Å². The average Bonchev–Trinajstić information content (AvgIpc) is 2.65. The second kappa shape index (κ2) is 4.11. The maximum atomic E-state index is 11.4. The van der Waals surface area contributed by atoms with Crippen molar-refractivity contribution in [1.82, 2.24) is 10.2 Å². The molecule has 114 valence electrons. The van der Waals surface area contributed by atoms with Gasteiger partial charge in [-0.05, 0) is 69.6 Å². The second-order valence-corrected chi connectivity index (χ2v) is 8.12. The van der Waals surface area contributed by atoms with Gasteiger partial charge in [0.25, 0.3) is 0 Å². The minimum Gasteiger partial charge on any atom is -0.481 e. The van der Waals surface area contributed by atoms with Crippen molar-refractivity contribution in [1.29, 1.82) is 0 Å². The summed E-state index contributed by atoms with van der Waals surface area (Å²) in [5.41, 5.74) is 3.97. The fraction of sp³-hybridized carbons (Fsp3) is 0.765. The molecule has 5 rings (SSSR count). The molecule has 0 saturated heterocycles. The predicted octanol–water partition coefficient (Wildman–Crippen LogP) is 3.34. The van der Waals surface area contributed by atoms with Crippen LogP contribution in [0.15, 0.2) is 0 Å². The van der Waals surface area contributed by atoms with Crippen LogP contribution in [0.3, 0.4) is 0 Å². The van der Waals surface area contributed by atoms with Crippen molar-refractivity contribution in [3.05, 3.63) is 17.0 Å². The van der Waals surface area contributed by atoms with Crippen LogP contribution in [0.2, 0.25) is 0 Å².